The Bertz CT molecular complexity index is 446. The van der Waals surface area contributed by atoms with Crippen LogP contribution in [0.15, 0.2) is 18.3 Å². The van der Waals surface area contributed by atoms with Gasteiger partial charge in [-0.1, -0.05) is 17.8 Å². The minimum absolute atomic E-state index is 0.297. The van der Waals surface area contributed by atoms with Gasteiger partial charge in [-0.2, -0.15) is 0 Å². The van der Waals surface area contributed by atoms with E-state index in [2.05, 4.69) is 9.97 Å². The quantitative estimate of drug-likeness (QED) is 0.800. The van der Waals surface area contributed by atoms with Crippen LogP contribution < -0.4 is 5.73 Å². The van der Waals surface area contributed by atoms with E-state index in [9.17, 15) is 0 Å². The zero-order valence-corrected chi connectivity index (χ0v) is 9.20. The van der Waals surface area contributed by atoms with E-state index in [1.54, 1.807) is 11.3 Å². The molecule has 4 heteroatoms. The van der Waals surface area contributed by atoms with Crippen molar-refractivity contribution in [3.05, 3.63) is 23.3 Å². The Morgan fingerprint density at radius 2 is 2.33 bits per heavy atom. The van der Waals surface area contributed by atoms with Crippen LogP contribution in [0.4, 0.5) is 0 Å². The van der Waals surface area contributed by atoms with Gasteiger partial charge >= 0.3 is 0 Å². The van der Waals surface area contributed by atoms with Gasteiger partial charge in [-0.05, 0) is 25.0 Å². The molecule has 2 N–H and O–H groups in total. The summed E-state index contributed by atoms with van der Waals surface area (Å²) < 4.78 is 0. The molecular formula is C11H13N3S. The van der Waals surface area contributed by atoms with Crippen molar-refractivity contribution in [2.24, 2.45) is 5.73 Å². The highest BCUT2D eigenvalue weighted by Gasteiger charge is 2.28. The predicted octanol–water partition coefficient (Wildman–Crippen LogP) is 2.29. The maximum absolute atomic E-state index is 6.08. The second-order valence-electron chi connectivity index (χ2n) is 4.08. The predicted molar refractivity (Wildman–Crippen MR) is 62.0 cm³/mol. The number of nitrogens with two attached hydrogens (primary N) is 1. The van der Waals surface area contributed by atoms with Crippen molar-refractivity contribution < 1.29 is 0 Å². The fourth-order valence-electron chi connectivity index (χ4n) is 2.24. The third-order valence-corrected chi connectivity index (χ3v) is 4.18. The minimum atomic E-state index is 0.297. The summed E-state index contributed by atoms with van der Waals surface area (Å²) in [7, 11) is 0. The number of nitrogens with zero attached hydrogens (tertiary/aromatic N) is 2. The van der Waals surface area contributed by atoms with Crippen LogP contribution in [-0.2, 0) is 0 Å². The van der Waals surface area contributed by atoms with E-state index >= 15 is 0 Å². The van der Waals surface area contributed by atoms with E-state index in [4.69, 9.17) is 5.73 Å². The molecule has 2 atom stereocenters. The Kier molecular flexibility index (Phi) is 2.18. The van der Waals surface area contributed by atoms with Gasteiger partial charge in [0.05, 0.1) is 0 Å². The van der Waals surface area contributed by atoms with Gasteiger partial charge in [0.2, 0.25) is 0 Å². The fourth-order valence-corrected chi connectivity index (χ4v) is 3.36. The van der Waals surface area contributed by atoms with E-state index < -0.39 is 0 Å². The van der Waals surface area contributed by atoms with Crippen LogP contribution in [0.2, 0.25) is 0 Å². The normalized spacial score (nSPS) is 26.2. The van der Waals surface area contributed by atoms with Gasteiger partial charge in [0.1, 0.15) is 15.4 Å². The molecule has 0 aliphatic heterocycles. The SMILES string of the molecule is NC1CCCC1c1nc2cccnc2s1. The molecule has 3 nitrogen and oxygen atoms in total. The molecule has 78 valence electrons. The fraction of sp³-hybridized carbons (Fsp3) is 0.455. The molecule has 2 heterocycles. The second-order valence-corrected chi connectivity index (χ2v) is 5.09. The van der Waals surface area contributed by atoms with Crippen molar-refractivity contribution >= 4 is 21.7 Å². The van der Waals surface area contributed by atoms with Crippen molar-refractivity contribution in [3.63, 3.8) is 0 Å². The Morgan fingerprint density at radius 3 is 3.07 bits per heavy atom. The van der Waals surface area contributed by atoms with Crippen LogP contribution in [-0.4, -0.2) is 16.0 Å². The highest BCUT2D eigenvalue weighted by Crippen LogP contribution is 2.36. The molecule has 0 aromatic carbocycles. The Morgan fingerprint density at radius 1 is 1.40 bits per heavy atom. The van der Waals surface area contributed by atoms with Crippen molar-refractivity contribution in [1.29, 1.82) is 0 Å². The van der Waals surface area contributed by atoms with Gasteiger partial charge in [0, 0.05) is 18.2 Å². The van der Waals surface area contributed by atoms with E-state index in [-0.39, 0.29) is 0 Å². The third kappa shape index (κ3) is 1.54. The highest BCUT2D eigenvalue weighted by atomic mass is 32.1. The van der Waals surface area contributed by atoms with Crippen LogP contribution in [0, 0.1) is 0 Å². The van der Waals surface area contributed by atoms with Gasteiger partial charge in [-0.15, -0.1) is 0 Å². The van der Waals surface area contributed by atoms with Crippen LogP contribution in [0.25, 0.3) is 10.3 Å². The van der Waals surface area contributed by atoms with E-state index in [0.29, 0.717) is 12.0 Å². The van der Waals surface area contributed by atoms with E-state index in [0.717, 1.165) is 16.8 Å². The smallest absolute Gasteiger partial charge is 0.143 e. The summed E-state index contributed by atoms with van der Waals surface area (Å²) in [6.07, 6.45) is 5.36. The lowest BCUT2D eigenvalue weighted by Gasteiger charge is -2.10. The Labute approximate surface area is 92.4 Å². The zero-order valence-electron chi connectivity index (χ0n) is 8.39. The van der Waals surface area contributed by atoms with Crippen LogP contribution in [0.1, 0.15) is 30.2 Å². The van der Waals surface area contributed by atoms with Gasteiger partial charge in [-0.3, -0.25) is 0 Å². The summed E-state index contributed by atoms with van der Waals surface area (Å²) in [6, 6.07) is 4.24. The molecule has 15 heavy (non-hydrogen) atoms. The lowest BCUT2D eigenvalue weighted by molar-refractivity contribution is 0.611. The molecule has 1 saturated carbocycles. The summed E-state index contributed by atoms with van der Waals surface area (Å²) in [4.78, 5) is 9.97. The van der Waals surface area contributed by atoms with Crippen molar-refractivity contribution in [3.8, 4) is 0 Å². The molecule has 3 rings (SSSR count). The van der Waals surface area contributed by atoms with Crippen molar-refractivity contribution in [1.82, 2.24) is 9.97 Å². The molecule has 0 radical (unpaired) electrons. The maximum atomic E-state index is 6.08. The number of thiazole rings is 1. The van der Waals surface area contributed by atoms with Gasteiger partial charge in [0.15, 0.2) is 0 Å². The van der Waals surface area contributed by atoms with Gasteiger partial charge in [-0.25, -0.2) is 9.97 Å². The van der Waals surface area contributed by atoms with Crippen LogP contribution >= 0.6 is 11.3 Å². The molecule has 0 amide bonds. The molecule has 1 aliphatic rings. The van der Waals surface area contributed by atoms with Crippen molar-refractivity contribution in [2.75, 3.05) is 0 Å². The topological polar surface area (TPSA) is 51.8 Å². The lowest BCUT2D eigenvalue weighted by Crippen LogP contribution is -2.22. The summed E-state index contributed by atoms with van der Waals surface area (Å²) in [5.41, 5.74) is 7.09. The van der Waals surface area contributed by atoms with Crippen molar-refractivity contribution in [2.45, 2.75) is 31.2 Å². The number of fused-ring (bicyclic) bond motifs is 1. The van der Waals surface area contributed by atoms with E-state index in [1.807, 2.05) is 18.3 Å². The average molecular weight is 219 g/mol. The standard InChI is InChI=1S/C11H13N3S/c12-8-4-1-3-7(8)10-14-9-5-2-6-13-11(9)15-10/h2,5-8H,1,3-4,12H2. The van der Waals surface area contributed by atoms with E-state index in [1.165, 1.54) is 17.8 Å². The number of aromatic nitrogens is 2. The molecule has 0 saturated heterocycles. The first-order valence-electron chi connectivity index (χ1n) is 5.31. The average Bonchev–Trinajstić information content (AvgIpc) is 2.82. The van der Waals surface area contributed by atoms with Gasteiger partial charge in [0.25, 0.3) is 0 Å². The highest BCUT2D eigenvalue weighted by molar-refractivity contribution is 7.18. The first-order chi connectivity index (χ1) is 7.34. The molecule has 2 aromatic rings. The molecule has 0 bridgehead atoms. The zero-order chi connectivity index (χ0) is 10.3. The van der Waals surface area contributed by atoms with Crippen LogP contribution in [0.5, 0.6) is 0 Å². The molecule has 2 unspecified atom stereocenters. The maximum Gasteiger partial charge on any atom is 0.143 e. The second kappa shape index (κ2) is 3.54. The number of pyridine rings is 1. The Balaban J connectivity index is 2.04. The van der Waals surface area contributed by atoms with Gasteiger partial charge < -0.3 is 5.73 Å². The molecule has 0 spiro atoms. The summed E-state index contributed by atoms with van der Waals surface area (Å²) in [6.45, 7) is 0. The largest absolute Gasteiger partial charge is 0.327 e. The third-order valence-electron chi connectivity index (χ3n) is 3.07. The number of rotatable bonds is 1. The molecule has 2 aromatic heterocycles. The first-order valence-corrected chi connectivity index (χ1v) is 6.13. The first kappa shape index (κ1) is 9.24. The number of hydrogen-bond donors (Lipinski definition) is 1. The number of hydrogen-bond acceptors (Lipinski definition) is 4. The monoisotopic (exact) mass is 219 g/mol. The van der Waals surface area contributed by atoms with Crippen LogP contribution in [0.3, 0.4) is 0 Å². The molecule has 1 fully saturated rings. The Hall–Kier alpha value is -1.00. The minimum Gasteiger partial charge on any atom is -0.327 e. The molecular weight excluding hydrogens is 206 g/mol. The lowest BCUT2D eigenvalue weighted by atomic mass is 10.1. The summed E-state index contributed by atoms with van der Waals surface area (Å²) in [5.74, 6) is 0.462. The summed E-state index contributed by atoms with van der Waals surface area (Å²) in [5, 5.41) is 1.17. The summed E-state index contributed by atoms with van der Waals surface area (Å²) >= 11 is 1.70. The molecule has 1 aliphatic carbocycles.